The molecule has 2 rings (SSSR count). The van der Waals surface area contributed by atoms with Crippen molar-refractivity contribution in [3.63, 3.8) is 0 Å². The quantitative estimate of drug-likeness (QED) is 0.775. The lowest BCUT2D eigenvalue weighted by molar-refractivity contribution is -0.872. The van der Waals surface area contributed by atoms with Crippen LogP contribution in [0.15, 0.2) is 48.5 Å². The van der Waals surface area contributed by atoms with E-state index in [4.69, 9.17) is 4.74 Å². The molecule has 1 amide bonds. The number of ether oxygens (including phenoxy) is 1. The van der Waals surface area contributed by atoms with E-state index >= 15 is 0 Å². The first kappa shape index (κ1) is 18.0. The van der Waals surface area contributed by atoms with Crippen LogP contribution >= 0.6 is 0 Å². The van der Waals surface area contributed by atoms with Gasteiger partial charge in [0.2, 0.25) is 5.91 Å². The Balaban J connectivity index is 1.70. The maximum Gasteiger partial charge on any atom is 0.223 e. The lowest BCUT2D eigenvalue weighted by atomic mass is 10.1. The van der Waals surface area contributed by atoms with Gasteiger partial charge in [-0.3, -0.25) is 4.79 Å². The Morgan fingerprint density at radius 2 is 1.71 bits per heavy atom. The van der Waals surface area contributed by atoms with E-state index in [0.717, 1.165) is 23.4 Å². The van der Waals surface area contributed by atoms with Crippen LogP contribution in [0.5, 0.6) is 5.75 Å². The van der Waals surface area contributed by atoms with Crippen LogP contribution in [-0.4, -0.2) is 26.6 Å². The number of para-hydroxylation sites is 1. The summed E-state index contributed by atoms with van der Waals surface area (Å²) in [6.45, 7) is 3.94. The van der Waals surface area contributed by atoms with E-state index in [1.807, 2.05) is 31.2 Å². The van der Waals surface area contributed by atoms with Crippen molar-refractivity contribution in [3.8, 4) is 5.75 Å². The number of quaternary nitrogens is 1. The highest BCUT2D eigenvalue weighted by molar-refractivity contribution is 5.76. The Morgan fingerprint density at radius 3 is 2.38 bits per heavy atom. The molecule has 0 aliphatic carbocycles. The number of nitrogens with one attached hydrogen (secondary N) is 2. The fraction of sp³-hybridized carbons (Fsp3) is 0.350. The predicted molar refractivity (Wildman–Crippen MR) is 96.1 cm³/mol. The number of aryl methyl sites for hydroxylation is 1. The third kappa shape index (κ3) is 6.05. The van der Waals surface area contributed by atoms with Gasteiger partial charge in [0.1, 0.15) is 12.3 Å². The standard InChI is InChI=1S/C20H26N2O2/c1-16-6-4-5-7-19(16)24-13-12-20(23)21-14-17-8-10-18(11-9-17)15-22(2)3/h4-11H,12-15H2,1-3H3,(H,21,23)/p+1. The molecule has 0 heterocycles. The zero-order valence-corrected chi connectivity index (χ0v) is 14.8. The van der Waals surface area contributed by atoms with Gasteiger partial charge in [0.15, 0.2) is 0 Å². The first-order valence-corrected chi connectivity index (χ1v) is 8.36. The van der Waals surface area contributed by atoms with Crippen molar-refractivity contribution in [2.75, 3.05) is 20.7 Å². The molecule has 4 nitrogen and oxygen atoms in total. The fourth-order valence-corrected chi connectivity index (χ4v) is 2.44. The van der Waals surface area contributed by atoms with Crippen LogP contribution in [0.3, 0.4) is 0 Å². The van der Waals surface area contributed by atoms with Crippen LogP contribution in [0.1, 0.15) is 23.1 Å². The molecule has 0 fully saturated rings. The second-order valence-electron chi connectivity index (χ2n) is 6.34. The number of hydrogen-bond donors (Lipinski definition) is 2. The zero-order chi connectivity index (χ0) is 17.4. The van der Waals surface area contributed by atoms with Crippen molar-refractivity contribution >= 4 is 5.91 Å². The molecular weight excluding hydrogens is 300 g/mol. The van der Waals surface area contributed by atoms with E-state index in [-0.39, 0.29) is 5.91 Å². The summed E-state index contributed by atoms with van der Waals surface area (Å²) in [4.78, 5) is 13.3. The molecule has 0 atom stereocenters. The summed E-state index contributed by atoms with van der Waals surface area (Å²) in [6.07, 6.45) is 0.358. The minimum Gasteiger partial charge on any atom is -0.493 e. The van der Waals surface area contributed by atoms with Crippen molar-refractivity contribution in [1.82, 2.24) is 5.32 Å². The van der Waals surface area contributed by atoms with Gasteiger partial charge in [-0.2, -0.15) is 0 Å². The summed E-state index contributed by atoms with van der Waals surface area (Å²) in [6, 6.07) is 16.2. The highest BCUT2D eigenvalue weighted by Gasteiger charge is 2.04. The zero-order valence-electron chi connectivity index (χ0n) is 14.8. The average Bonchev–Trinajstić information content (AvgIpc) is 2.55. The van der Waals surface area contributed by atoms with Crippen LogP contribution in [-0.2, 0) is 17.9 Å². The minimum atomic E-state index is 0.00500. The third-order valence-electron chi connectivity index (χ3n) is 3.75. The van der Waals surface area contributed by atoms with Crippen LogP contribution in [0.2, 0.25) is 0 Å². The molecular formula is C20H27N2O2+. The number of hydrogen-bond acceptors (Lipinski definition) is 2. The molecule has 0 radical (unpaired) electrons. The molecule has 128 valence electrons. The molecule has 2 N–H and O–H groups in total. The smallest absolute Gasteiger partial charge is 0.223 e. The molecule has 0 aromatic heterocycles. The molecule has 4 heteroatoms. The van der Waals surface area contributed by atoms with Gasteiger partial charge in [0.05, 0.1) is 27.1 Å². The molecule has 0 spiro atoms. The molecule has 24 heavy (non-hydrogen) atoms. The Morgan fingerprint density at radius 1 is 1.04 bits per heavy atom. The van der Waals surface area contributed by atoms with E-state index in [1.165, 1.54) is 10.5 Å². The van der Waals surface area contributed by atoms with Gasteiger partial charge >= 0.3 is 0 Å². The summed E-state index contributed by atoms with van der Waals surface area (Å²) < 4.78 is 5.65. The molecule has 0 aliphatic rings. The van der Waals surface area contributed by atoms with E-state index in [9.17, 15) is 4.79 Å². The van der Waals surface area contributed by atoms with Gasteiger partial charge in [-0.15, -0.1) is 0 Å². The van der Waals surface area contributed by atoms with Gasteiger partial charge in [-0.05, 0) is 24.1 Å². The van der Waals surface area contributed by atoms with Crippen molar-refractivity contribution in [2.24, 2.45) is 0 Å². The Hall–Kier alpha value is -2.33. The third-order valence-corrected chi connectivity index (χ3v) is 3.75. The first-order chi connectivity index (χ1) is 11.5. The first-order valence-electron chi connectivity index (χ1n) is 8.36. The Bertz CT molecular complexity index is 651. The van der Waals surface area contributed by atoms with E-state index < -0.39 is 0 Å². The number of carbonyl (C=O) groups is 1. The summed E-state index contributed by atoms with van der Waals surface area (Å²) in [5.41, 5.74) is 3.50. The highest BCUT2D eigenvalue weighted by atomic mass is 16.5. The lowest BCUT2D eigenvalue weighted by Crippen LogP contribution is -3.04. The van der Waals surface area contributed by atoms with E-state index in [1.54, 1.807) is 0 Å². The van der Waals surface area contributed by atoms with Crippen LogP contribution < -0.4 is 15.0 Å². The second kappa shape index (κ2) is 9.08. The summed E-state index contributed by atoms with van der Waals surface area (Å²) in [7, 11) is 4.26. The molecule has 0 saturated heterocycles. The Labute approximate surface area is 144 Å². The number of benzene rings is 2. The summed E-state index contributed by atoms with van der Waals surface area (Å²) >= 11 is 0. The number of carbonyl (C=O) groups excluding carboxylic acids is 1. The van der Waals surface area contributed by atoms with Gasteiger partial charge in [-0.1, -0.05) is 42.5 Å². The molecule has 0 bridgehead atoms. The SMILES string of the molecule is Cc1ccccc1OCCC(=O)NCc1ccc(C[NH+](C)C)cc1. The van der Waals surface area contributed by atoms with Crippen LogP contribution in [0.4, 0.5) is 0 Å². The highest BCUT2D eigenvalue weighted by Crippen LogP contribution is 2.16. The number of rotatable bonds is 8. The van der Waals surface area contributed by atoms with Gasteiger partial charge in [0, 0.05) is 12.1 Å². The summed E-state index contributed by atoms with van der Waals surface area (Å²) in [5.74, 6) is 0.842. The molecule has 0 unspecified atom stereocenters. The lowest BCUT2D eigenvalue weighted by Gasteiger charge is -2.10. The minimum absolute atomic E-state index is 0.00500. The Kier molecular flexibility index (Phi) is 6.82. The molecule has 2 aromatic rings. The second-order valence-corrected chi connectivity index (χ2v) is 6.34. The maximum atomic E-state index is 11.9. The van der Waals surface area contributed by atoms with Gasteiger partial charge in [-0.25, -0.2) is 0 Å². The maximum absolute atomic E-state index is 11.9. The van der Waals surface area contributed by atoms with Gasteiger partial charge < -0.3 is 15.0 Å². The average molecular weight is 327 g/mol. The summed E-state index contributed by atoms with van der Waals surface area (Å²) in [5, 5.41) is 2.94. The fourth-order valence-electron chi connectivity index (χ4n) is 2.44. The van der Waals surface area contributed by atoms with Crippen molar-refractivity contribution in [2.45, 2.75) is 26.4 Å². The van der Waals surface area contributed by atoms with E-state index in [0.29, 0.717) is 19.6 Å². The predicted octanol–water partition coefficient (Wildman–Crippen LogP) is 1.72. The largest absolute Gasteiger partial charge is 0.493 e. The number of amides is 1. The topological polar surface area (TPSA) is 42.8 Å². The molecule has 2 aromatic carbocycles. The van der Waals surface area contributed by atoms with Crippen molar-refractivity contribution in [1.29, 1.82) is 0 Å². The van der Waals surface area contributed by atoms with Crippen LogP contribution in [0, 0.1) is 6.92 Å². The normalized spacial score (nSPS) is 10.7. The van der Waals surface area contributed by atoms with Gasteiger partial charge in [0.25, 0.3) is 0 Å². The molecule has 0 aliphatic heterocycles. The van der Waals surface area contributed by atoms with Crippen molar-refractivity contribution < 1.29 is 14.4 Å². The monoisotopic (exact) mass is 327 g/mol. The van der Waals surface area contributed by atoms with Crippen molar-refractivity contribution in [3.05, 3.63) is 65.2 Å². The van der Waals surface area contributed by atoms with E-state index in [2.05, 4.69) is 43.7 Å². The molecule has 0 saturated carbocycles. The van der Waals surface area contributed by atoms with Crippen LogP contribution in [0.25, 0.3) is 0 Å².